The van der Waals surface area contributed by atoms with Gasteiger partial charge in [-0.1, -0.05) is 84.4 Å². The molecule has 5 rings (SSSR count). The van der Waals surface area contributed by atoms with Crippen molar-refractivity contribution in [2.24, 2.45) is 0 Å². The molecule has 0 bridgehead atoms. The van der Waals surface area contributed by atoms with E-state index in [1.54, 1.807) is 0 Å². The molecule has 0 saturated carbocycles. The lowest BCUT2D eigenvalue weighted by Gasteiger charge is -2.10. The Labute approximate surface area is 196 Å². The van der Waals surface area contributed by atoms with Gasteiger partial charge in [-0.3, -0.25) is 0 Å². The Balaban J connectivity index is 1.65. The first kappa shape index (κ1) is 20.6. The second-order valence-corrected chi connectivity index (χ2v) is 7.83. The second-order valence-electron chi connectivity index (χ2n) is 7.42. The van der Waals surface area contributed by atoms with Gasteiger partial charge in [0.15, 0.2) is 17.5 Å². The van der Waals surface area contributed by atoms with Gasteiger partial charge < -0.3 is 0 Å². The largest absolute Gasteiger partial charge is 0.208 e. The van der Waals surface area contributed by atoms with Crippen LogP contribution in [-0.4, -0.2) is 15.0 Å². The normalized spacial score (nSPS) is 10.5. The number of halogens is 1. The van der Waals surface area contributed by atoms with Crippen molar-refractivity contribution in [3.05, 3.63) is 114 Å². The fourth-order valence-corrected chi connectivity index (χ4v) is 3.78. The van der Waals surface area contributed by atoms with Crippen LogP contribution in [0.5, 0.6) is 0 Å². The molecular weight excluding hydrogens is 428 g/mol. The van der Waals surface area contributed by atoms with E-state index in [1.165, 1.54) is 0 Å². The highest BCUT2D eigenvalue weighted by molar-refractivity contribution is 6.33. The van der Waals surface area contributed by atoms with E-state index < -0.39 is 0 Å². The van der Waals surface area contributed by atoms with E-state index in [9.17, 15) is 0 Å². The molecule has 0 fully saturated rings. The molecule has 0 aliphatic rings. The Morgan fingerprint density at radius 3 is 1.88 bits per heavy atom. The predicted molar refractivity (Wildman–Crippen MR) is 131 cm³/mol. The highest BCUT2D eigenvalue weighted by Gasteiger charge is 2.14. The lowest BCUT2D eigenvalue weighted by molar-refractivity contribution is 1.07. The van der Waals surface area contributed by atoms with Gasteiger partial charge in [0, 0.05) is 16.7 Å². The zero-order valence-corrected chi connectivity index (χ0v) is 18.2. The van der Waals surface area contributed by atoms with Gasteiger partial charge in [-0.15, -0.1) is 0 Å². The summed E-state index contributed by atoms with van der Waals surface area (Å²) in [7, 11) is 0. The van der Waals surface area contributed by atoms with Crippen molar-refractivity contribution in [3.63, 3.8) is 0 Å². The first-order valence-electron chi connectivity index (χ1n) is 10.4. The molecule has 0 unspecified atom stereocenters. The summed E-state index contributed by atoms with van der Waals surface area (Å²) in [5, 5.41) is 9.65. The Morgan fingerprint density at radius 2 is 1.15 bits per heavy atom. The Bertz CT molecular complexity index is 1470. The lowest BCUT2D eigenvalue weighted by Crippen LogP contribution is -2.00. The van der Waals surface area contributed by atoms with E-state index in [0.29, 0.717) is 28.1 Å². The minimum atomic E-state index is 0.522. The topological polar surface area (TPSA) is 62.5 Å². The van der Waals surface area contributed by atoms with Crippen LogP contribution in [0, 0.1) is 11.3 Å². The monoisotopic (exact) mass is 444 g/mol. The van der Waals surface area contributed by atoms with Crippen molar-refractivity contribution in [2.45, 2.75) is 0 Å². The molecule has 156 valence electrons. The van der Waals surface area contributed by atoms with Crippen LogP contribution in [0.1, 0.15) is 5.56 Å². The van der Waals surface area contributed by atoms with Gasteiger partial charge >= 0.3 is 0 Å². The summed E-state index contributed by atoms with van der Waals surface area (Å²) in [5.74, 6) is 1.67. The Morgan fingerprint density at radius 1 is 0.545 bits per heavy atom. The Kier molecular flexibility index (Phi) is 5.63. The molecule has 0 aliphatic carbocycles. The zero-order valence-electron chi connectivity index (χ0n) is 17.5. The molecule has 0 spiro atoms. The molecule has 5 aromatic rings. The molecule has 0 aliphatic heterocycles. The van der Waals surface area contributed by atoms with Crippen LogP contribution >= 0.6 is 11.6 Å². The average Bonchev–Trinajstić information content (AvgIpc) is 2.89. The van der Waals surface area contributed by atoms with Gasteiger partial charge in [-0.25, -0.2) is 15.0 Å². The van der Waals surface area contributed by atoms with Crippen molar-refractivity contribution in [3.8, 4) is 51.4 Å². The first-order chi connectivity index (χ1) is 16.2. The molecule has 4 nitrogen and oxygen atoms in total. The smallest absolute Gasteiger partial charge is 0.165 e. The number of nitriles is 1. The predicted octanol–water partition coefficient (Wildman–Crippen LogP) is 7.06. The molecule has 0 radical (unpaired) electrons. The molecule has 0 amide bonds. The summed E-state index contributed by atoms with van der Waals surface area (Å²) in [4.78, 5) is 14.3. The van der Waals surface area contributed by atoms with E-state index in [-0.39, 0.29) is 0 Å². The molecule has 1 heterocycles. The summed E-state index contributed by atoms with van der Waals surface area (Å²) >= 11 is 6.46. The fraction of sp³-hybridized carbons (Fsp3) is 0. The zero-order chi connectivity index (χ0) is 22.6. The van der Waals surface area contributed by atoms with Crippen molar-refractivity contribution in [1.29, 1.82) is 5.26 Å². The number of rotatable bonds is 4. The van der Waals surface area contributed by atoms with E-state index >= 15 is 0 Å². The van der Waals surface area contributed by atoms with Crippen LogP contribution in [0.15, 0.2) is 103 Å². The summed E-state index contributed by atoms with van der Waals surface area (Å²) in [5.41, 5.74) is 5.17. The van der Waals surface area contributed by atoms with Crippen LogP contribution in [-0.2, 0) is 0 Å². The van der Waals surface area contributed by atoms with Crippen LogP contribution < -0.4 is 0 Å². The van der Waals surface area contributed by atoms with Crippen LogP contribution in [0.25, 0.3) is 45.3 Å². The molecular formula is C28H17ClN4. The number of aromatic nitrogens is 3. The van der Waals surface area contributed by atoms with E-state index in [4.69, 9.17) is 31.8 Å². The third-order valence-corrected chi connectivity index (χ3v) is 5.58. The molecule has 0 saturated heterocycles. The van der Waals surface area contributed by atoms with Gasteiger partial charge in [-0.2, -0.15) is 5.26 Å². The third kappa shape index (κ3) is 4.36. The van der Waals surface area contributed by atoms with Gasteiger partial charge in [0.1, 0.15) is 0 Å². The van der Waals surface area contributed by atoms with Crippen LogP contribution in [0.2, 0.25) is 5.02 Å². The summed E-state index contributed by atoms with van der Waals surface area (Å²) in [6.07, 6.45) is 0. The van der Waals surface area contributed by atoms with Crippen LogP contribution in [0.3, 0.4) is 0 Å². The van der Waals surface area contributed by atoms with Gasteiger partial charge in [0.05, 0.1) is 16.7 Å². The van der Waals surface area contributed by atoms with E-state index in [0.717, 1.165) is 27.8 Å². The lowest BCUT2D eigenvalue weighted by atomic mass is 10.0. The standard InChI is InChI=1S/C28H17ClN4/c29-25-12-5-4-11-24(25)28-32-26(21-7-2-1-3-8-21)31-27(33-28)23-10-6-9-22(17-23)20-15-13-19(18-30)14-16-20/h1-17H. The summed E-state index contributed by atoms with van der Waals surface area (Å²) < 4.78 is 0. The minimum absolute atomic E-state index is 0.522. The second kappa shape index (κ2) is 9.04. The molecule has 1 aromatic heterocycles. The van der Waals surface area contributed by atoms with Gasteiger partial charge in [0.25, 0.3) is 0 Å². The molecule has 0 atom stereocenters. The van der Waals surface area contributed by atoms with E-state index in [2.05, 4.69) is 6.07 Å². The van der Waals surface area contributed by atoms with Gasteiger partial charge in [0.2, 0.25) is 0 Å². The number of hydrogen-bond donors (Lipinski definition) is 0. The SMILES string of the molecule is N#Cc1ccc(-c2cccc(-c3nc(-c4ccccc4)nc(-c4ccccc4Cl)n3)c2)cc1. The number of hydrogen-bond acceptors (Lipinski definition) is 4. The summed E-state index contributed by atoms with van der Waals surface area (Å²) in [6, 6.07) is 35.0. The van der Waals surface area contributed by atoms with Crippen molar-refractivity contribution in [1.82, 2.24) is 15.0 Å². The maximum absolute atomic E-state index is 9.07. The fourth-order valence-electron chi connectivity index (χ4n) is 3.56. The average molecular weight is 445 g/mol. The molecule has 4 aromatic carbocycles. The highest BCUT2D eigenvalue weighted by Crippen LogP contribution is 2.30. The third-order valence-electron chi connectivity index (χ3n) is 5.25. The maximum atomic E-state index is 9.07. The van der Waals surface area contributed by atoms with Crippen molar-refractivity contribution in [2.75, 3.05) is 0 Å². The van der Waals surface area contributed by atoms with Crippen molar-refractivity contribution >= 4 is 11.6 Å². The van der Waals surface area contributed by atoms with Gasteiger partial charge in [-0.05, 0) is 41.5 Å². The van der Waals surface area contributed by atoms with Crippen LogP contribution in [0.4, 0.5) is 0 Å². The highest BCUT2D eigenvalue weighted by atomic mass is 35.5. The molecule has 0 N–H and O–H groups in total. The number of nitrogens with zero attached hydrogens (tertiary/aromatic N) is 4. The number of benzene rings is 4. The minimum Gasteiger partial charge on any atom is -0.208 e. The molecule has 5 heteroatoms. The van der Waals surface area contributed by atoms with E-state index in [1.807, 2.05) is 103 Å². The first-order valence-corrected chi connectivity index (χ1v) is 10.8. The Hall–Kier alpha value is -4.33. The quantitative estimate of drug-likeness (QED) is 0.297. The maximum Gasteiger partial charge on any atom is 0.165 e. The summed E-state index contributed by atoms with van der Waals surface area (Å²) in [6.45, 7) is 0. The van der Waals surface area contributed by atoms with Crippen molar-refractivity contribution < 1.29 is 0 Å². The molecule has 33 heavy (non-hydrogen) atoms.